The van der Waals surface area contributed by atoms with Gasteiger partial charge < -0.3 is 14.5 Å². The molecule has 7 heteroatoms. The molecule has 30 heavy (non-hydrogen) atoms. The molecule has 1 aromatic heterocycles. The molecular weight excluding hydrogens is 405 g/mol. The highest BCUT2D eigenvalue weighted by atomic mass is 35.5. The summed E-state index contributed by atoms with van der Waals surface area (Å²) in [7, 11) is 0. The molecule has 3 heterocycles. The fourth-order valence-corrected chi connectivity index (χ4v) is 4.48. The van der Waals surface area contributed by atoms with Crippen LogP contribution in [-0.2, 0) is 11.2 Å². The van der Waals surface area contributed by atoms with Crippen molar-refractivity contribution in [2.75, 3.05) is 32.7 Å². The summed E-state index contributed by atoms with van der Waals surface area (Å²) in [6.45, 7) is 6.04. The van der Waals surface area contributed by atoms with Crippen LogP contribution in [0.15, 0.2) is 48.8 Å². The van der Waals surface area contributed by atoms with Gasteiger partial charge in [-0.3, -0.25) is 9.78 Å². The first-order chi connectivity index (χ1) is 14.0. The second-order valence-electron chi connectivity index (χ2n) is 8.27. The molecule has 0 radical (unpaired) electrons. The lowest BCUT2D eigenvalue weighted by atomic mass is 9.88. The number of amides is 1. The first-order valence-corrected chi connectivity index (χ1v) is 10.4. The Balaban J connectivity index is 0.00000256. The maximum absolute atomic E-state index is 13.3. The summed E-state index contributed by atoms with van der Waals surface area (Å²) >= 11 is 0. The maximum Gasteiger partial charge on any atom is 0.254 e. The third-order valence-corrected chi connectivity index (χ3v) is 5.96. The Morgan fingerprint density at radius 2 is 1.97 bits per heavy atom. The van der Waals surface area contributed by atoms with Gasteiger partial charge in [0.2, 0.25) is 0 Å². The van der Waals surface area contributed by atoms with Gasteiger partial charge in [-0.1, -0.05) is 18.2 Å². The summed E-state index contributed by atoms with van der Waals surface area (Å²) in [5.74, 6) is -0.200. The van der Waals surface area contributed by atoms with E-state index in [2.05, 4.69) is 16.8 Å². The Morgan fingerprint density at radius 3 is 2.67 bits per heavy atom. The molecule has 0 aliphatic carbocycles. The fourth-order valence-electron chi connectivity index (χ4n) is 4.48. The molecule has 2 aromatic rings. The number of rotatable bonds is 4. The van der Waals surface area contributed by atoms with Crippen molar-refractivity contribution in [1.29, 1.82) is 0 Å². The standard InChI is InChI=1S/C23H28FN3O2.ClH/c1-18-16-27(22(28)20-5-3-2-4-6-20)17-23(29-18)8-11-26(12-9-23)10-7-19-13-21(24)15-25-14-19;/h2-6,13-15,18H,7-12,16-17H2,1H3;1H. The second-order valence-corrected chi connectivity index (χ2v) is 8.27. The van der Waals surface area contributed by atoms with E-state index in [1.165, 1.54) is 6.20 Å². The topological polar surface area (TPSA) is 45.7 Å². The first-order valence-electron chi connectivity index (χ1n) is 10.4. The number of halogens is 2. The quantitative estimate of drug-likeness (QED) is 0.739. The monoisotopic (exact) mass is 433 g/mol. The van der Waals surface area contributed by atoms with Crippen LogP contribution in [0.4, 0.5) is 4.39 Å². The van der Waals surface area contributed by atoms with Gasteiger partial charge in [-0.05, 0) is 49.9 Å². The predicted octanol–water partition coefficient (Wildman–Crippen LogP) is 3.58. The summed E-state index contributed by atoms with van der Waals surface area (Å²) in [6, 6.07) is 11.0. The highest BCUT2D eigenvalue weighted by Gasteiger charge is 2.43. The molecule has 1 spiro atoms. The van der Waals surface area contributed by atoms with Gasteiger partial charge in [0.15, 0.2) is 0 Å². The molecule has 2 aliphatic heterocycles. The van der Waals surface area contributed by atoms with E-state index in [1.807, 2.05) is 35.2 Å². The van der Waals surface area contributed by atoms with Crippen molar-refractivity contribution in [3.05, 3.63) is 65.7 Å². The largest absolute Gasteiger partial charge is 0.368 e. The van der Waals surface area contributed by atoms with Gasteiger partial charge in [-0.25, -0.2) is 4.39 Å². The van der Waals surface area contributed by atoms with Crippen molar-refractivity contribution >= 4 is 18.3 Å². The summed E-state index contributed by atoms with van der Waals surface area (Å²) in [6.07, 6.45) is 5.58. The summed E-state index contributed by atoms with van der Waals surface area (Å²) in [5.41, 5.74) is 1.39. The maximum atomic E-state index is 13.3. The molecule has 1 aromatic carbocycles. The fraction of sp³-hybridized carbons (Fsp3) is 0.478. The molecule has 4 rings (SSSR count). The lowest BCUT2D eigenvalue weighted by Gasteiger charge is -2.49. The third-order valence-electron chi connectivity index (χ3n) is 5.96. The normalized spacial score (nSPS) is 21.3. The molecule has 162 valence electrons. The van der Waals surface area contributed by atoms with Crippen LogP contribution in [0.2, 0.25) is 0 Å². The zero-order valence-electron chi connectivity index (χ0n) is 17.3. The minimum atomic E-state index is -0.284. The number of pyridine rings is 1. The van der Waals surface area contributed by atoms with Gasteiger partial charge >= 0.3 is 0 Å². The van der Waals surface area contributed by atoms with Crippen LogP contribution in [0.5, 0.6) is 0 Å². The number of piperidine rings is 1. The van der Waals surface area contributed by atoms with E-state index in [4.69, 9.17) is 4.74 Å². The van der Waals surface area contributed by atoms with Gasteiger partial charge in [0.05, 0.1) is 24.4 Å². The number of carbonyl (C=O) groups excluding carboxylic acids is 1. The minimum absolute atomic E-state index is 0. The van der Waals surface area contributed by atoms with Crippen molar-refractivity contribution in [3.8, 4) is 0 Å². The van der Waals surface area contributed by atoms with Crippen LogP contribution >= 0.6 is 12.4 Å². The number of aromatic nitrogens is 1. The molecule has 2 aliphatic rings. The highest BCUT2D eigenvalue weighted by molar-refractivity contribution is 5.94. The molecule has 1 amide bonds. The molecule has 1 unspecified atom stereocenters. The van der Waals surface area contributed by atoms with Crippen molar-refractivity contribution in [1.82, 2.24) is 14.8 Å². The van der Waals surface area contributed by atoms with Crippen LogP contribution in [0.25, 0.3) is 0 Å². The molecule has 0 bridgehead atoms. The zero-order valence-corrected chi connectivity index (χ0v) is 18.1. The summed E-state index contributed by atoms with van der Waals surface area (Å²) in [4.78, 5) is 21.2. The highest BCUT2D eigenvalue weighted by Crippen LogP contribution is 2.33. The van der Waals surface area contributed by atoms with Gasteiger partial charge in [0.25, 0.3) is 5.91 Å². The van der Waals surface area contributed by atoms with E-state index in [0.29, 0.717) is 13.1 Å². The predicted molar refractivity (Wildman–Crippen MR) is 116 cm³/mol. The van der Waals surface area contributed by atoms with Crippen LogP contribution in [0.1, 0.15) is 35.7 Å². The molecular formula is C23H29ClFN3O2. The van der Waals surface area contributed by atoms with Crippen LogP contribution in [0, 0.1) is 5.82 Å². The Morgan fingerprint density at radius 1 is 1.23 bits per heavy atom. The third kappa shape index (κ3) is 5.36. The Hall–Kier alpha value is -2.02. The van der Waals surface area contributed by atoms with E-state index in [0.717, 1.165) is 50.0 Å². The average molecular weight is 434 g/mol. The van der Waals surface area contributed by atoms with Crippen LogP contribution < -0.4 is 0 Å². The number of likely N-dealkylation sites (tertiary alicyclic amines) is 1. The second kappa shape index (κ2) is 9.86. The number of carbonyl (C=O) groups is 1. The van der Waals surface area contributed by atoms with E-state index in [9.17, 15) is 9.18 Å². The molecule has 0 N–H and O–H groups in total. The van der Waals surface area contributed by atoms with Gasteiger partial charge in [-0.2, -0.15) is 0 Å². The van der Waals surface area contributed by atoms with Crippen molar-refractivity contribution in [2.24, 2.45) is 0 Å². The number of hydrogen-bond acceptors (Lipinski definition) is 4. The Kier molecular flexibility index (Phi) is 7.45. The first kappa shape index (κ1) is 22.7. The smallest absolute Gasteiger partial charge is 0.254 e. The average Bonchev–Trinajstić information content (AvgIpc) is 2.73. The van der Waals surface area contributed by atoms with Crippen LogP contribution in [0.3, 0.4) is 0 Å². The SMILES string of the molecule is CC1CN(C(=O)c2ccccc2)CC2(CCN(CCc3cncc(F)c3)CC2)O1.Cl. The van der Waals surface area contributed by atoms with Crippen molar-refractivity contribution in [2.45, 2.75) is 37.9 Å². The molecule has 2 saturated heterocycles. The van der Waals surface area contributed by atoms with E-state index >= 15 is 0 Å². The minimum Gasteiger partial charge on any atom is -0.368 e. The summed E-state index contributed by atoms with van der Waals surface area (Å²) in [5, 5.41) is 0. The van der Waals surface area contributed by atoms with E-state index < -0.39 is 0 Å². The van der Waals surface area contributed by atoms with Gasteiger partial charge in [0, 0.05) is 37.9 Å². The molecule has 1 atom stereocenters. The number of morpholine rings is 1. The molecule has 2 fully saturated rings. The zero-order chi connectivity index (χ0) is 20.3. The lowest BCUT2D eigenvalue weighted by molar-refractivity contribution is -0.161. The summed E-state index contributed by atoms with van der Waals surface area (Å²) < 4.78 is 19.7. The lowest BCUT2D eigenvalue weighted by Crippen LogP contribution is -2.60. The Labute approximate surface area is 183 Å². The van der Waals surface area contributed by atoms with Gasteiger partial charge in [0.1, 0.15) is 5.82 Å². The van der Waals surface area contributed by atoms with E-state index in [1.54, 1.807) is 12.3 Å². The van der Waals surface area contributed by atoms with E-state index in [-0.39, 0.29) is 35.8 Å². The Bertz CT molecular complexity index is 843. The van der Waals surface area contributed by atoms with Crippen LogP contribution in [-0.4, -0.2) is 65.1 Å². The number of hydrogen-bond donors (Lipinski definition) is 0. The van der Waals surface area contributed by atoms with Crippen molar-refractivity contribution in [3.63, 3.8) is 0 Å². The van der Waals surface area contributed by atoms with Crippen molar-refractivity contribution < 1.29 is 13.9 Å². The van der Waals surface area contributed by atoms with Gasteiger partial charge in [-0.15, -0.1) is 12.4 Å². The molecule has 5 nitrogen and oxygen atoms in total. The number of nitrogens with zero attached hydrogens (tertiary/aromatic N) is 3. The number of ether oxygens (including phenoxy) is 1. The molecule has 0 saturated carbocycles. The number of benzene rings is 1.